The van der Waals surface area contributed by atoms with Gasteiger partial charge in [-0.25, -0.2) is 0 Å². The first kappa shape index (κ1) is 13.7. The summed E-state index contributed by atoms with van der Waals surface area (Å²) < 4.78 is 5.66. The van der Waals surface area contributed by atoms with E-state index in [9.17, 15) is 9.90 Å². The van der Waals surface area contributed by atoms with E-state index in [1.54, 1.807) is 19.1 Å². The molecular weight excluding hydrogens is 216 g/mol. The van der Waals surface area contributed by atoms with Crippen molar-refractivity contribution < 1.29 is 14.6 Å². The van der Waals surface area contributed by atoms with Gasteiger partial charge in [0.1, 0.15) is 18.6 Å². The first-order valence-corrected chi connectivity index (χ1v) is 5.81. The third-order valence-corrected chi connectivity index (χ3v) is 2.91. The molecule has 3 heteroatoms. The fourth-order valence-corrected chi connectivity index (χ4v) is 1.61. The molecule has 0 spiro atoms. The zero-order valence-corrected chi connectivity index (χ0v) is 10.9. The molecule has 0 aliphatic heterocycles. The van der Waals surface area contributed by atoms with E-state index in [-0.39, 0.29) is 6.61 Å². The summed E-state index contributed by atoms with van der Waals surface area (Å²) in [5.74, 6) is 0.754. The molecule has 0 fully saturated rings. The van der Waals surface area contributed by atoms with E-state index in [0.717, 1.165) is 23.2 Å². The molecule has 1 aromatic carbocycles. The number of benzene rings is 1. The Kier molecular flexibility index (Phi) is 4.29. The Bertz CT molecular complexity index is 385. The molecule has 1 N–H and O–H groups in total. The van der Waals surface area contributed by atoms with Gasteiger partial charge in [0.05, 0.1) is 5.60 Å². The number of ether oxygens (including phenoxy) is 1. The summed E-state index contributed by atoms with van der Waals surface area (Å²) >= 11 is 0. The lowest BCUT2D eigenvalue weighted by Crippen LogP contribution is -2.31. The molecule has 0 saturated heterocycles. The van der Waals surface area contributed by atoms with Crippen molar-refractivity contribution >= 4 is 6.29 Å². The number of aldehydes is 1. The lowest BCUT2D eigenvalue weighted by molar-refractivity contribution is 0.00807. The van der Waals surface area contributed by atoms with Gasteiger partial charge in [0, 0.05) is 5.56 Å². The van der Waals surface area contributed by atoms with Gasteiger partial charge in [0.25, 0.3) is 0 Å². The molecule has 1 unspecified atom stereocenters. The minimum Gasteiger partial charge on any atom is -0.490 e. The van der Waals surface area contributed by atoms with E-state index in [1.807, 2.05) is 20.8 Å². The molecule has 1 atom stereocenters. The first-order chi connectivity index (χ1) is 7.89. The topological polar surface area (TPSA) is 46.5 Å². The number of aryl methyl sites for hydroxylation is 2. The standard InChI is InChI=1S/C14H20O3/c1-5-14(4,16)9-17-13-10(2)6-12(8-15)7-11(13)3/h6-8,16H,5,9H2,1-4H3. The SMILES string of the molecule is CCC(C)(O)COc1c(C)cc(C=O)cc1C. The van der Waals surface area contributed by atoms with E-state index in [1.165, 1.54) is 0 Å². The van der Waals surface area contributed by atoms with Gasteiger partial charge in [-0.3, -0.25) is 4.79 Å². The van der Waals surface area contributed by atoms with Crippen LogP contribution in [0, 0.1) is 13.8 Å². The van der Waals surface area contributed by atoms with Crippen molar-refractivity contribution in [1.29, 1.82) is 0 Å². The fourth-order valence-electron chi connectivity index (χ4n) is 1.61. The van der Waals surface area contributed by atoms with Crippen LogP contribution in [0.3, 0.4) is 0 Å². The molecule has 0 bridgehead atoms. The molecule has 0 aromatic heterocycles. The number of aliphatic hydroxyl groups is 1. The van der Waals surface area contributed by atoms with Crippen LogP contribution < -0.4 is 4.74 Å². The monoisotopic (exact) mass is 236 g/mol. The highest BCUT2D eigenvalue weighted by atomic mass is 16.5. The van der Waals surface area contributed by atoms with Gasteiger partial charge < -0.3 is 9.84 Å². The summed E-state index contributed by atoms with van der Waals surface area (Å²) in [5.41, 5.74) is 1.66. The number of carbonyl (C=O) groups excluding carboxylic acids is 1. The largest absolute Gasteiger partial charge is 0.490 e. The molecule has 0 saturated carbocycles. The Morgan fingerprint density at radius 2 is 1.88 bits per heavy atom. The van der Waals surface area contributed by atoms with Crippen LogP contribution in [0.5, 0.6) is 5.75 Å². The average molecular weight is 236 g/mol. The molecule has 17 heavy (non-hydrogen) atoms. The lowest BCUT2D eigenvalue weighted by Gasteiger charge is -2.23. The highest BCUT2D eigenvalue weighted by Gasteiger charge is 2.19. The number of carbonyl (C=O) groups is 1. The molecule has 0 radical (unpaired) electrons. The Hall–Kier alpha value is -1.35. The minimum absolute atomic E-state index is 0.256. The Balaban J connectivity index is 2.89. The maximum absolute atomic E-state index is 10.7. The molecule has 94 valence electrons. The third kappa shape index (κ3) is 3.56. The minimum atomic E-state index is -0.817. The molecule has 0 heterocycles. The second-order valence-corrected chi connectivity index (χ2v) is 4.74. The first-order valence-electron chi connectivity index (χ1n) is 5.81. The van der Waals surface area contributed by atoms with Crippen molar-refractivity contribution in [2.75, 3.05) is 6.61 Å². The lowest BCUT2D eigenvalue weighted by atomic mass is 10.0. The predicted molar refractivity (Wildman–Crippen MR) is 67.7 cm³/mol. The number of rotatable bonds is 5. The average Bonchev–Trinajstić information content (AvgIpc) is 2.27. The second kappa shape index (κ2) is 5.32. The summed E-state index contributed by atoms with van der Waals surface area (Å²) in [6.07, 6.45) is 1.46. The summed E-state index contributed by atoms with van der Waals surface area (Å²) in [7, 11) is 0. The van der Waals surface area contributed by atoms with E-state index in [0.29, 0.717) is 12.0 Å². The summed E-state index contributed by atoms with van der Waals surface area (Å²) in [6, 6.07) is 3.58. The van der Waals surface area contributed by atoms with E-state index >= 15 is 0 Å². The van der Waals surface area contributed by atoms with E-state index in [4.69, 9.17) is 4.74 Å². The van der Waals surface area contributed by atoms with Crippen LogP contribution in [0.4, 0.5) is 0 Å². The number of hydrogen-bond acceptors (Lipinski definition) is 3. The zero-order chi connectivity index (χ0) is 13.1. The molecule has 0 amide bonds. The van der Waals surface area contributed by atoms with Crippen LogP contribution in [-0.2, 0) is 0 Å². The van der Waals surface area contributed by atoms with Crippen LogP contribution in [0.15, 0.2) is 12.1 Å². The van der Waals surface area contributed by atoms with Crippen LogP contribution in [0.2, 0.25) is 0 Å². The van der Waals surface area contributed by atoms with Crippen molar-refractivity contribution in [3.05, 3.63) is 28.8 Å². The summed E-state index contributed by atoms with van der Waals surface area (Å²) in [4.78, 5) is 10.7. The molecule has 1 rings (SSSR count). The van der Waals surface area contributed by atoms with Crippen molar-refractivity contribution in [1.82, 2.24) is 0 Å². The second-order valence-electron chi connectivity index (χ2n) is 4.74. The van der Waals surface area contributed by atoms with Crippen LogP contribution in [0.25, 0.3) is 0 Å². The highest BCUT2D eigenvalue weighted by Crippen LogP contribution is 2.25. The molecule has 0 aliphatic rings. The van der Waals surface area contributed by atoms with Gasteiger partial charge in [-0.15, -0.1) is 0 Å². The number of hydrogen-bond donors (Lipinski definition) is 1. The Morgan fingerprint density at radius 1 is 1.35 bits per heavy atom. The van der Waals surface area contributed by atoms with Gasteiger partial charge in [-0.2, -0.15) is 0 Å². The van der Waals surface area contributed by atoms with Gasteiger partial charge in [0.15, 0.2) is 0 Å². The van der Waals surface area contributed by atoms with Gasteiger partial charge in [-0.1, -0.05) is 6.92 Å². The summed E-state index contributed by atoms with van der Waals surface area (Å²) in [6.45, 7) is 7.72. The van der Waals surface area contributed by atoms with Crippen LogP contribution in [0.1, 0.15) is 41.8 Å². The van der Waals surface area contributed by atoms with Crippen molar-refractivity contribution in [3.63, 3.8) is 0 Å². The van der Waals surface area contributed by atoms with Gasteiger partial charge in [-0.05, 0) is 50.5 Å². The maximum atomic E-state index is 10.7. The van der Waals surface area contributed by atoms with E-state index < -0.39 is 5.60 Å². The summed E-state index contributed by atoms with van der Waals surface area (Å²) in [5, 5.41) is 9.89. The van der Waals surface area contributed by atoms with Crippen LogP contribution in [-0.4, -0.2) is 23.6 Å². The molecule has 3 nitrogen and oxygen atoms in total. The van der Waals surface area contributed by atoms with Gasteiger partial charge >= 0.3 is 0 Å². The quantitative estimate of drug-likeness (QED) is 0.799. The highest BCUT2D eigenvalue weighted by molar-refractivity contribution is 5.76. The van der Waals surface area contributed by atoms with Crippen molar-refractivity contribution in [2.45, 2.75) is 39.7 Å². The normalized spacial score (nSPS) is 14.2. The zero-order valence-electron chi connectivity index (χ0n) is 10.9. The fraction of sp³-hybridized carbons (Fsp3) is 0.500. The molecule has 1 aromatic rings. The predicted octanol–water partition coefficient (Wildman–Crippen LogP) is 2.66. The van der Waals surface area contributed by atoms with Crippen molar-refractivity contribution in [2.24, 2.45) is 0 Å². The third-order valence-electron chi connectivity index (χ3n) is 2.91. The maximum Gasteiger partial charge on any atom is 0.150 e. The van der Waals surface area contributed by atoms with Crippen molar-refractivity contribution in [3.8, 4) is 5.75 Å². The smallest absolute Gasteiger partial charge is 0.150 e. The van der Waals surface area contributed by atoms with E-state index in [2.05, 4.69) is 0 Å². The molecule has 0 aliphatic carbocycles. The van der Waals surface area contributed by atoms with Crippen LogP contribution >= 0.6 is 0 Å². The van der Waals surface area contributed by atoms with Gasteiger partial charge in [0.2, 0.25) is 0 Å². The Morgan fingerprint density at radius 3 is 2.29 bits per heavy atom. The Labute approximate surface area is 102 Å². The molecular formula is C14H20O3.